The number of nitrogens with zero attached hydrogens (tertiary/aromatic N) is 1. The number of likely N-dealkylation sites (tertiary alicyclic amines) is 1. The van der Waals surface area contributed by atoms with Crippen molar-refractivity contribution in [2.45, 2.75) is 81.6 Å². The summed E-state index contributed by atoms with van der Waals surface area (Å²) in [5.41, 5.74) is 0.130. The van der Waals surface area contributed by atoms with Crippen LogP contribution >= 0.6 is 11.8 Å². The van der Waals surface area contributed by atoms with Gasteiger partial charge in [0, 0.05) is 29.3 Å². The van der Waals surface area contributed by atoms with Gasteiger partial charge in [0.1, 0.15) is 12.2 Å². The molecule has 38 heavy (non-hydrogen) atoms. The molecule has 1 amide bonds. The molecule has 1 saturated carbocycles. The second-order valence-corrected chi connectivity index (χ2v) is 12.8. The fourth-order valence-electron chi connectivity index (χ4n) is 5.68. The summed E-state index contributed by atoms with van der Waals surface area (Å²) < 4.78 is 5.91. The number of ether oxygens (including phenoxy) is 1. The van der Waals surface area contributed by atoms with Crippen LogP contribution in [0.2, 0.25) is 0 Å². The van der Waals surface area contributed by atoms with Crippen LogP contribution in [0.5, 0.6) is 0 Å². The molecule has 2 aromatic carbocycles. The third kappa shape index (κ3) is 8.08. The van der Waals surface area contributed by atoms with Crippen LogP contribution in [-0.2, 0) is 9.53 Å². The van der Waals surface area contributed by atoms with E-state index in [9.17, 15) is 14.7 Å². The van der Waals surface area contributed by atoms with Gasteiger partial charge in [0.15, 0.2) is 0 Å². The smallest absolute Gasteiger partial charge is 0.338 e. The van der Waals surface area contributed by atoms with E-state index in [1.807, 2.05) is 57.2 Å². The molecule has 7 heteroatoms. The largest absolute Gasteiger partial charge is 0.455 e. The molecule has 1 saturated heterocycles. The van der Waals surface area contributed by atoms with Gasteiger partial charge in [-0.15, -0.1) is 11.8 Å². The van der Waals surface area contributed by atoms with E-state index >= 15 is 0 Å². The van der Waals surface area contributed by atoms with E-state index in [2.05, 4.69) is 10.2 Å². The predicted octanol–water partition coefficient (Wildman–Crippen LogP) is 5.16. The number of piperidine rings is 1. The molecule has 0 aromatic heterocycles. The van der Waals surface area contributed by atoms with Gasteiger partial charge in [0.25, 0.3) is 0 Å². The average Bonchev–Trinajstić information content (AvgIpc) is 2.90. The topological polar surface area (TPSA) is 78.9 Å². The van der Waals surface area contributed by atoms with Crippen LogP contribution in [0.1, 0.15) is 63.2 Å². The number of benzene rings is 2. The Morgan fingerprint density at radius 2 is 1.66 bits per heavy atom. The molecule has 1 aliphatic heterocycles. The van der Waals surface area contributed by atoms with E-state index in [-0.39, 0.29) is 24.0 Å². The molecule has 2 aromatic rings. The molecule has 2 fully saturated rings. The maximum absolute atomic E-state index is 13.4. The number of thioether (sulfide) groups is 1. The van der Waals surface area contributed by atoms with Crippen molar-refractivity contribution in [1.82, 2.24) is 10.2 Å². The predicted molar refractivity (Wildman–Crippen MR) is 152 cm³/mol. The van der Waals surface area contributed by atoms with Gasteiger partial charge in [-0.25, -0.2) is 4.79 Å². The number of amides is 1. The molecule has 6 nitrogen and oxygen atoms in total. The number of β-amino-alcohol motifs (C(OH)–C–C–N with tert-alkyl or cyclic N) is 1. The summed E-state index contributed by atoms with van der Waals surface area (Å²) in [5, 5.41) is 14.7. The van der Waals surface area contributed by atoms with E-state index in [1.54, 1.807) is 36.0 Å². The minimum atomic E-state index is -0.927. The van der Waals surface area contributed by atoms with Gasteiger partial charge in [0.05, 0.1) is 11.6 Å². The van der Waals surface area contributed by atoms with Crippen molar-refractivity contribution in [2.75, 3.05) is 18.8 Å². The van der Waals surface area contributed by atoms with E-state index < -0.39 is 18.2 Å². The summed E-state index contributed by atoms with van der Waals surface area (Å²) in [6.07, 6.45) is 3.96. The maximum atomic E-state index is 13.4. The molecular weight excluding hydrogens is 496 g/mol. The Morgan fingerprint density at radius 1 is 1.03 bits per heavy atom. The number of fused-ring (bicyclic) bond motifs is 1. The SMILES string of the molecule is CC(C)(C)NC(=O)[C@@H]1CC2CCCCC2CN1CC(O)C(CSc1ccccc1)OC(=O)c1ccccc1. The fraction of sp³-hybridized carbons (Fsp3) is 0.548. The lowest BCUT2D eigenvalue weighted by molar-refractivity contribution is -0.133. The minimum Gasteiger partial charge on any atom is -0.455 e. The van der Waals surface area contributed by atoms with Gasteiger partial charge in [-0.1, -0.05) is 55.7 Å². The maximum Gasteiger partial charge on any atom is 0.338 e. The Hall–Kier alpha value is -2.35. The van der Waals surface area contributed by atoms with Gasteiger partial charge in [-0.3, -0.25) is 9.69 Å². The van der Waals surface area contributed by atoms with Crippen LogP contribution in [-0.4, -0.2) is 64.5 Å². The first kappa shape index (κ1) is 28.7. The molecule has 5 atom stereocenters. The Morgan fingerprint density at radius 3 is 2.32 bits per heavy atom. The number of hydrogen-bond donors (Lipinski definition) is 2. The third-order valence-electron chi connectivity index (χ3n) is 7.58. The van der Waals surface area contributed by atoms with Crippen LogP contribution in [0.25, 0.3) is 0 Å². The Kier molecular flexibility index (Phi) is 9.91. The Labute approximate surface area is 231 Å². The molecule has 1 aliphatic carbocycles. The molecule has 2 aliphatic rings. The van der Waals surface area contributed by atoms with Gasteiger partial charge < -0.3 is 15.2 Å². The zero-order chi connectivity index (χ0) is 27.1. The first-order valence-corrected chi connectivity index (χ1v) is 14.9. The van der Waals surface area contributed by atoms with Crippen molar-refractivity contribution in [3.05, 3.63) is 66.2 Å². The quantitative estimate of drug-likeness (QED) is 0.339. The number of carbonyl (C=O) groups is 2. The Balaban J connectivity index is 1.50. The normalized spacial score (nSPS) is 23.6. The van der Waals surface area contributed by atoms with Crippen LogP contribution in [0.3, 0.4) is 0 Å². The first-order valence-electron chi connectivity index (χ1n) is 13.9. The molecule has 1 heterocycles. The highest BCUT2D eigenvalue weighted by atomic mass is 32.2. The number of esters is 1. The van der Waals surface area contributed by atoms with E-state index in [1.165, 1.54) is 25.7 Å². The number of hydrogen-bond acceptors (Lipinski definition) is 6. The third-order valence-corrected chi connectivity index (χ3v) is 8.68. The van der Waals surface area contributed by atoms with Crippen LogP contribution in [0.15, 0.2) is 65.6 Å². The molecule has 206 valence electrons. The number of rotatable bonds is 9. The summed E-state index contributed by atoms with van der Waals surface area (Å²) in [4.78, 5) is 29.6. The van der Waals surface area contributed by atoms with Crippen LogP contribution in [0, 0.1) is 11.8 Å². The van der Waals surface area contributed by atoms with Crippen molar-refractivity contribution >= 4 is 23.6 Å². The lowest BCUT2D eigenvalue weighted by Gasteiger charge is -2.46. The summed E-state index contributed by atoms with van der Waals surface area (Å²) in [6, 6.07) is 18.5. The monoisotopic (exact) mass is 538 g/mol. The van der Waals surface area contributed by atoms with E-state index in [0.29, 0.717) is 23.2 Å². The van der Waals surface area contributed by atoms with Crippen molar-refractivity contribution in [3.8, 4) is 0 Å². The summed E-state index contributed by atoms with van der Waals surface area (Å²) in [7, 11) is 0. The minimum absolute atomic E-state index is 0.0187. The standard InChI is InChI=1S/C31H42N2O4S/c1-31(2,3)32-29(35)26-18-23-14-10-11-15-24(23)19-33(26)20-27(34)28(21-38-25-16-8-5-9-17-25)37-30(36)22-12-6-4-7-13-22/h4-9,12-13,16-17,23-24,26-28,34H,10-11,14-15,18-21H2,1-3H3,(H,32,35)/t23?,24?,26-,27?,28?/m0/s1. The molecule has 0 spiro atoms. The summed E-state index contributed by atoms with van der Waals surface area (Å²) in [6.45, 7) is 7.06. The van der Waals surface area contributed by atoms with E-state index in [4.69, 9.17) is 4.74 Å². The van der Waals surface area contributed by atoms with Gasteiger partial charge in [-0.05, 0) is 69.7 Å². The number of aliphatic hydroxyl groups excluding tert-OH is 1. The summed E-state index contributed by atoms with van der Waals surface area (Å²) >= 11 is 1.55. The molecule has 4 rings (SSSR count). The fourth-order valence-corrected chi connectivity index (χ4v) is 6.68. The Bertz CT molecular complexity index is 1040. The second-order valence-electron chi connectivity index (χ2n) is 11.8. The van der Waals surface area contributed by atoms with Crippen LogP contribution < -0.4 is 5.32 Å². The molecule has 0 bridgehead atoms. The lowest BCUT2D eigenvalue weighted by atomic mass is 9.72. The van der Waals surface area contributed by atoms with Gasteiger partial charge in [0.2, 0.25) is 5.91 Å². The molecule has 4 unspecified atom stereocenters. The summed E-state index contributed by atoms with van der Waals surface area (Å²) in [5.74, 6) is 1.08. The zero-order valence-electron chi connectivity index (χ0n) is 22.8. The number of carbonyl (C=O) groups excluding carboxylic acids is 2. The molecule has 0 radical (unpaired) electrons. The average molecular weight is 539 g/mol. The second kappa shape index (κ2) is 13.1. The zero-order valence-corrected chi connectivity index (χ0v) is 23.7. The highest BCUT2D eigenvalue weighted by Crippen LogP contribution is 2.39. The number of nitrogens with one attached hydrogen (secondary N) is 1. The molecular formula is C31H42N2O4S. The molecule has 2 N–H and O–H groups in total. The highest BCUT2D eigenvalue weighted by molar-refractivity contribution is 7.99. The van der Waals surface area contributed by atoms with E-state index in [0.717, 1.165) is 17.9 Å². The number of aliphatic hydroxyl groups is 1. The lowest BCUT2D eigenvalue weighted by Crippen LogP contribution is -2.59. The van der Waals surface area contributed by atoms with Crippen LogP contribution in [0.4, 0.5) is 0 Å². The van der Waals surface area contributed by atoms with Gasteiger partial charge >= 0.3 is 5.97 Å². The van der Waals surface area contributed by atoms with Crippen molar-refractivity contribution < 1.29 is 19.4 Å². The van der Waals surface area contributed by atoms with Crippen molar-refractivity contribution in [3.63, 3.8) is 0 Å². The van der Waals surface area contributed by atoms with Crippen molar-refractivity contribution in [1.29, 1.82) is 0 Å². The highest BCUT2D eigenvalue weighted by Gasteiger charge is 2.42. The van der Waals surface area contributed by atoms with Gasteiger partial charge in [-0.2, -0.15) is 0 Å². The van der Waals surface area contributed by atoms with Crippen molar-refractivity contribution in [2.24, 2.45) is 11.8 Å². The first-order chi connectivity index (χ1) is 18.2.